The highest BCUT2D eigenvalue weighted by Gasteiger charge is 2.07. The molecule has 0 spiro atoms. The maximum Gasteiger partial charge on any atom is 0.142 e. The van der Waals surface area contributed by atoms with Gasteiger partial charge in [0.2, 0.25) is 0 Å². The fourth-order valence-corrected chi connectivity index (χ4v) is 2.46. The number of hydrogen-bond donors (Lipinski definition) is 1. The highest BCUT2D eigenvalue weighted by molar-refractivity contribution is 6.30. The fourth-order valence-electron chi connectivity index (χ4n) is 2.29. The summed E-state index contributed by atoms with van der Waals surface area (Å²) in [4.78, 5) is 0. The molecule has 0 aromatic heterocycles. The second-order valence-electron chi connectivity index (χ2n) is 5.21. The summed E-state index contributed by atoms with van der Waals surface area (Å²) in [6.07, 6.45) is 0.985. The first kappa shape index (κ1) is 15.7. The van der Waals surface area contributed by atoms with E-state index in [1.54, 1.807) is 0 Å². The van der Waals surface area contributed by atoms with Crippen molar-refractivity contribution in [1.82, 2.24) is 0 Å². The minimum absolute atomic E-state index is 0.708. The van der Waals surface area contributed by atoms with E-state index in [-0.39, 0.29) is 0 Å². The van der Waals surface area contributed by atoms with E-state index in [4.69, 9.17) is 16.3 Å². The van der Waals surface area contributed by atoms with E-state index < -0.39 is 0 Å². The maximum atomic E-state index is 6.10. The average Bonchev–Trinajstić information content (AvgIpc) is 2.46. The molecule has 0 unspecified atom stereocenters. The summed E-state index contributed by atoms with van der Waals surface area (Å²) in [7, 11) is 0. The molecule has 0 atom stereocenters. The third-order valence-electron chi connectivity index (χ3n) is 3.50. The topological polar surface area (TPSA) is 21.3 Å². The molecule has 0 amide bonds. The monoisotopic (exact) mass is 303 g/mol. The van der Waals surface area contributed by atoms with Crippen LogP contribution in [0.3, 0.4) is 0 Å². The van der Waals surface area contributed by atoms with E-state index in [0.717, 1.165) is 24.4 Å². The maximum absolute atomic E-state index is 6.10. The van der Waals surface area contributed by atoms with E-state index in [1.165, 1.54) is 16.7 Å². The highest BCUT2D eigenvalue weighted by Crippen LogP contribution is 2.29. The molecule has 21 heavy (non-hydrogen) atoms. The molecule has 2 aromatic carbocycles. The normalized spacial score (nSPS) is 10.5. The van der Waals surface area contributed by atoms with Crippen LogP contribution in [-0.4, -0.2) is 6.61 Å². The molecular formula is C18H22ClNO. The Morgan fingerprint density at radius 2 is 1.81 bits per heavy atom. The Bertz CT molecular complexity index is 590. The molecule has 2 nitrogen and oxygen atoms in total. The highest BCUT2D eigenvalue weighted by atomic mass is 35.5. The number of ether oxygens (including phenoxy) is 1. The molecule has 2 aromatic rings. The number of anilines is 1. The predicted octanol–water partition coefficient (Wildman–Crippen LogP) is 5.36. The molecule has 3 heteroatoms. The van der Waals surface area contributed by atoms with Crippen LogP contribution in [0, 0.1) is 13.8 Å². The first-order chi connectivity index (χ1) is 10.1. The zero-order valence-corrected chi connectivity index (χ0v) is 13.6. The lowest BCUT2D eigenvalue weighted by Gasteiger charge is -2.15. The van der Waals surface area contributed by atoms with E-state index in [2.05, 4.69) is 44.3 Å². The lowest BCUT2D eigenvalue weighted by Crippen LogP contribution is -2.06. The van der Waals surface area contributed by atoms with Crippen LogP contribution in [0.5, 0.6) is 5.75 Å². The molecule has 0 aliphatic heterocycles. The Hall–Kier alpha value is -1.67. The molecule has 0 fully saturated rings. The van der Waals surface area contributed by atoms with Gasteiger partial charge >= 0.3 is 0 Å². The Morgan fingerprint density at radius 1 is 1.10 bits per heavy atom. The summed E-state index contributed by atoms with van der Waals surface area (Å²) < 4.78 is 5.77. The van der Waals surface area contributed by atoms with Crippen LogP contribution < -0.4 is 10.1 Å². The van der Waals surface area contributed by atoms with Gasteiger partial charge in [0.25, 0.3) is 0 Å². The molecule has 1 N–H and O–H groups in total. The van der Waals surface area contributed by atoms with Crippen LogP contribution in [0.1, 0.15) is 30.0 Å². The summed E-state index contributed by atoms with van der Waals surface area (Å²) >= 11 is 6.10. The van der Waals surface area contributed by atoms with Gasteiger partial charge in [0.15, 0.2) is 0 Å². The quantitative estimate of drug-likeness (QED) is 0.776. The van der Waals surface area contributed by atoms with E-state index in [0.29, 0.717) is 11.6 Å². The molecule has 0 aliphatic carbocycles. The summed E-state index contributed by atoms with van der Waals surface area (Å²) in [6.45, 7) is 7.84. The largest absolute Gasteiger partial charge is 0.491 e. The first-order valence-electron chi connectivity index (χ1n) is 7.33. The Labute approximate surface area is 132 Å². The molecule has 0 heterocycles. The zero-order valence-electron chi connectivity index (χ0n) is 12.9. The molecule has 2 rings (SSSR count). The standard InChI is InChI=1S/C18H22ClNO/c1-4-10-21-18-9-8-15(19)11-17(18)20-12-16-13(2)6-5-7-14(16)3/h5-9,11,20H,4,10,12H2,1-3H3. The third-order valence-corrected chi connectivity index (χ3v) is 3.74. The van der Waals surface area contributed by atoms with E-state index in [9.17, 15) is 0 Å². The van der Waals surface area contributed by atoms with E-state index >= 15 is 0 Å². The smallest absolute Gasteiger partial charge is 0.142 e. The minimum Gasteiger partial charge on any atom is -0.491 e. The van der Waals surface area contributed by atoms with Crippen LogP contribution in [0.2, 0.25) is 5.02 Å². The van der Waals surface area contributed by atoms with Gasteiger partial charge in [-0.1, -0.05) is 36.7 Å². The molecular weight excluding hydrogens is 282 g/mol. The molecule has 0 radical (unpaired) electrons. The van der Waals surface area contributed by atoms with Crippen molar-refractivity contribution >= 4 is 17.3 Å². The second-order valence-corrected chi connectivity index (χ2v) is 5.65. The van der Waals surface area contributed by atoms with Crippen molar-refractivity contribution in [2.75, 3.05) is 11.9 Å². The van der Waals surface area contributed by atoms with Crippen molar-refractivity contribution < 1.29 is 4.74 Å². The van der Waals surface area contributed by atoms with Crippen LogP contribution in [0.4, 0.5) is 5.69 Å². The van der Waals surface area contributed by atoms with Gasteiger partial charge in [-0.05, 0) is 55.2 Å². The van der Waals surface area contributed by atoms with Crippen LogP contribution in [-0.2, 0) is 6.54 Å². The number of benzene rings is 2. The number of rotatable bonds is 6. The van der Waals surface area contributed by atoms with Crippen molar-refractivity contribution in [3.8, 4) is 5.75 Å². The molecule has 0 saturated carbocycles. The Kier molecular flexibility index (Phi) is 5.51. The average molecular weight is 304 g/mol. The minimum atomic E-state index is 0.708. The summed E-state index contributed by atoms with van der Waals surface area (Å²) in [5.74, 6) is 0.854. The lowest BCUT2D eigenvalue weighted by molar-refractivity contribution is 0.319. The fraction of sp³-hybridized carbons (Fsp3) is 0.333. The Morgan fingerprint density at radius 3 is 2.48 bits per heavy atom. The van der Waals surface area contributed by atoms with Crippen molar-refractivity contribution in [3.63, 3.8) is 0 Å². The zero-order chi connectivity index (χ0) is 15.2. The molecule has 112 valence electrons. The first-order valence-corrected chi connectivity index (χ1v) is 7.71. The van der Waals surface area contributed by atoms with E-state index in [1.807, 2.05) is 18.2 Å². The van der Waals surface area contributed by atoms with Gasteiger partial charge in [-0.15, -0.1) is 0 Å². The molecule has 0 saturated heterocycles. The van der Waals surface area contributed by atoms with Crippen LogP contribution >= 0.6 is 11.6 Å². The van der Waals surface area contributed by atoms with Gasteiger partial charge in [-0.25, -0.2) is 0 Å². The van der Waals surface area contributed by atoms with Gasteiger partial charge in [0.05, 0.1) is 12.3 Å². The van der Waals surface area contributed by atoms with Crippen LogP contribution in [0.25, 0.3) is 0 Å². The number of halogens is 1. The van der Waals surface area contributed by atoms with Crippen LogP contribution in [0.15, 0.2) is 36.4 Å². The van der Waals surface area contributed by atoms with Crippen molar-refractivity contribution in [1.29, 1.82) is 0 Å². The molecule has 0 aliphatic rings. The van der Waals surface area contributed by atoms with Crippen molar-refractivity contribution in [2.45, 2.75) is 33.7 Å². The van der Waals surface area contributed by atoms with Gasteiger partial charge in [0.1, 0.15) is 5.75 Å². The summed E-state index contributed by atoms with van der Waals surface area (Å²) in [5, 5.41) is 4.16. The van der Waals surface area contributed by atoms with Gasteiger partial charge < -0.3 is 10.1 Å². The molecule has 0 bridgehead atoms. The summed E-state index contributed by atoms with van der Waals surface area (Å²) in [6, 6.07) is 12.1. The number of nitrogens with one attached hydrogen (secondary N) is 1. The number of hydrogen-bond acceptors (Lipinski definition) is 2. The summed E-state index contributed by atoms with van der Waals surface area (Å²) in [5.41, 5.74) is 4.85. The lowest BCUT2D eigenvalue weighted by atomic mass is 10.0. The van der Waals surface area contributed by atoms with Crippen molar-refractivity contribution in [2.24, 2.45) is 0 Å². The van der Waals surface area contributed by atoms with Gasteiger partial charge in [-0.3, -0.25) is 0 Å². The SMILES string of the molecule is CCCOc1ccc(Cl)cc1NCc1c(C)cccc1C. The Balaban J connectivity index is 2.17. The number of aryl methyl sites for hydroxylation is 2. The second kappa shape index (κ2) is 7.37. The van der Waals surface area contributed by atoms with Gasteiger partial charge in [-0.2, -0.15) is 0 Å². The van der Waals surface area contributed by atoms with Gasteiger partial charge in [0, 0.05) is 11.6 Å². The van der Waals surface area contributed by atoms with Crippen molar-refractivity contribution in [3.05, 3.63) is 58.1 Å². The third kappa shape index (κ3) is 4.15. The predicted molar refractivity (Wildman–Crippen MR) is 90.5 cm³/mol.